The molecule has 1 aliphatic carbocycles. The summed E-state index contributed by atoms with van der Waals surface area (Å²) in [5, 5.41) is 3.81. The van der Waals surface area contributed by atoms with Crippen molar-refractivity contribution in [3.63, 3.8) is 0 Å². The van der Waals surface area contributed by atoms with Gasteiger partial charge in [-0.05, 0) is 49.8 Å². The topological polar surface area (TPSA) is 21.3 Å². The van der Waals surface area contributed by atoms with Gasteiger partial charge in [-0.25, -0.2) is 0 Å². The monoisotopic (exact) mass is 289 g/mol. The lowest BCUT2D eigenvalue weighted by Crippen LogP contribution is -2.38. The minimum absolute atomic E-state index is 0.597. The summed E-state index contributed by atoms with van der Waals surface area (Å²) >= 11 is 0. The smallest absolute Gasteiger partial charge is 0.122 e. The number of methoxy groups -OCH3 is 1. The van der Waals surface area contributed by atoms with Crippen LogP contribution in [0.15, 0.2) is 24.3 Å². The number of hydrogen-bond acceptors (Lipinski definition) is 2. The highest BCUT2D eigenvalue weighted by atomic mass is 16.5. The lowest BCUT2D eigenvalue weighted by atomic mass is 9.87. The first-order valence-electron chi connectivity index (χ1n) is 8.70. The molecule has 1 saturated carbocycles. The van der Waals surface area contributed by atoms with E-state index in [0.29, 0.717) is 6.04 Å². The Bertz CT molecular complexity index is 396. The predicted molar refractivity (Wildman–Crippen MR) is 90.0 cm³/mol. The predicted octanol–water partition coefficient (Wildman–Crippen LogP) is 4.58. The first-order chi connectivity index (χ1) is 10.3. The molecule has 21 heavy (non-hydrogen) atoms. The van der Waals surface area contributed by atoms with Crippen LogP contribution in [-0.2, 0) is 6.42 Å². The van der Waals surface area contributed by atoms with Crippen molar-refractivity contribution < 1.29 is 4.74 Å². The van der Waals surface area contributed by atoms with Gasteiger partial charge in [0, 0.05) is 6.04 Å². The molecule has 1 atom stereocenters. The molecule has 0 radical (unpaired) electrons. The Balaban J connectivity index is 2.07. The molecule has 2 nitrogen and oxygen atoms in total. The number of para-hydroxylation sites is 1. The minimum atomic E-state index is 0.597. The quantitative estimate of drug-likeness (QED) is 0.742. The highest BCUT2D eigenvalue weighted by Crippen LogP contribution is 2.29. The molecule has 0 amide bonds. The summed E-state index contributed by atoms with van der Waals surface area (Å²) in [6.45, 7) is 3.37. The third-order valence-electron chi connectivity index (χ3n) is 4.76. The molecule has 0 spiro atoms. The van der Waals surface area contributed by atoms with Crippen molar-refractivity contribution in [1.82, 2.24) is 5.32 Å². The zero-order chi connectivity index (χ0) is 14.9. The maximum absolute atomic E-state index is 5.53. The summed E-state index contributed by atoms with van der Waals surface area (Å²) in [5.74, 6) is 1.86. The van der Waals surface area contributed by atoms with E-state index in [0.717, 1.165) is 24.6 Å². The summed E-state index contributed by atoms with van der Waals surface area (Å²) in [6, 6.07) is 9.08. The van der Waals surface area contributed by atoms with Crippen molar-refractivity contribution in [1.29, 1.82) is 0 Å². The molecule has 1 N–H and O–H groups in total. The number of benzene rings is 1. The molecule has 1 fully saturated rings. The Morgan fingerprint density at radius 2 is 1.86 bits per heavy atom. The Morgan fingerprint density at radius 3 is 2.52 bits per heavy atom. The average Bonchev–Trinajstić information content (AvgIpc) is 2.81. The zero-order valence-corrected chi connectivity index (χ0v) is 13.7. The van der Waals surface area contributed by atoms with Crippen LogP contribution < -0.4 is 10.1 Å². The minimum Gasteiger partial charge on any atom is -0.496 e. The van der Waals surface area contributed by atoms with Gasteiger partial charge in [-0.3, -0.25) is 0 Å². The van der Waals surface area contributed by atoms with E-state index in [-0.39, 0.29) is 0 Å². The van der Waals surface area contributed by atoms with Gasteiger partial charge in [0.1, 0.15) is 5.75 Å². The van der Waals surface area contributed by atoms with Crippen molar-refractivity contribution in [3.05, 3.63) is 29.8 Å². The van der Waals surface area contributed by atoms with Gasteiger partial charge in [0.15, 0.2) is 0 Å². The van der Waals surface area contributed by atoms with Gasteiger partial charge >= 0.3 is 0 Å². The largest absolute Gasteiger partial charge is 0.496 e. The van der Waals surface area contributed by atoms with Crippen LogP contribution in [0.2, 0.25) is 0 Å². The van der Waals surface area contributed by atoms with Gasteiger partial charge in [0.25, 0.3) is 0 Å². The lowest BCUT2D eigenvalue weighted by molar-refractivity contribution is 0.313. The van der Waals surface area contributed by atoms with Crippen molar-refractivity contribution >= 4 is 0 Å². The second kappa shape index (κ2) is 9.09. The average molecular weight is 289 g/mol. The first-order valence-corrected chi connectivity index (χ1v) is 8.70. The van der Waals surface area contributed by atoms with Crippen LogP contribution >= 0.6 is 0 Å². The van der Waals surface area contributed by atoms with Gasteiger partial charge in [-0.2, -0.15) is 0 Å². The van der Waals surface area contributed by atoms with E-state index in [4.69, 9.17) is 4.74 Å². The Hall–Kier alpha value is -1.02. The SMILES string of the molecule is CCCNC(Cc1ccccc1OC)C1CCCCCC1. The molecule has 1 aromatic carbocycles. The van der Waals surface area contributed by atoms with Gasteiger partial charge in [-0.15, -0.1) is 0 Å². The molecule has 1 aliphatic rings. The van der Waals surface area contributed by atoms with Gasteiger partial charge in [0.05, 0.1) is 7.11 Å². The number of nitrogens with one attached hydrogen (secondary N) is 1. The molecule has 1 unspecified atom stereocenters. The van der Waals surface area contributed by atoms with E-state index in [1.165, 1.54) is 50.5 Å². The second-order valence-corrected chi connectivity index (χ2v) is 6.33. The number of ether oxygens (including phenoxy) is 1. The van der Waals surface area contributed by atoms with Crippen LogP contribution in [0, 0.1) is 5.92 Å². The van der Waals surface area contributed by atoms with Crippen molar-refractivity contribution in [2.24, 2.45) is 5.92 Å². The fraction of sp³-hybridized carbons (Fsp3) is 0.684. The van der Waals surface area contributed by atoms with E-state index in [1.54, 1.807) is 7.11 Å². The highest BCUT2D eigenvalue weighted by Gasteiger charge is 2.23. The Morgan fingerprint density at radius 1 is 1.14 bits per heavy atom. The molecule has 2 rings (SSSR count). The Labute approximate surface area is 130 Å². The summed E-state index contributed by atoms with van der Waals surface area (Å²) in [4.78, 5) is 0. The van der Waals surface area contributed by atoms with Crippen molar-refractivity contribution in [3.8, 4) is 5.75 Å². The van der Waals surface area contributed by atoms with E-state index in [1.807, 2.05) is 0 Å². The van der Waals surface area contributed by atoms with Gasteiger partial charge in [-0.1, -0.05) is 50.8 Å². The van der Waals surface area contributed by atoms with Gasteiger partial charge in [0.2, 0.25) is 0 Å². The van der Waals surface area contributed by atoms with Crippen LogP contribution in [0.1, 0.15) is 57.4 Å². The maximum Gasteiger partial charge on any atom is 0.122 e. The molecule has 1 aromatic rings. The van der Waals surface area contributed by atoms with E-state index >= 15 is 0 Å². The van der Waals surface area contributed by atoms with Crippen LogP contribution in [0.5, 0.6) is 5.75 Å². The molecule has 0 bridgehead atoms. The van der Waals surface area contributed by atoms with Crippen molar-refractivity contribution in [2.75, 3.05) is 13.7 Å². The summed E-state index contributed by atoms with van der Waals surface area (Å²) in [7, 11) is 1.78. The van der Waals surface area contributed by atoms with Crippen molar-refractivity contribution in [2.45, 2.75) is 64.3 Å². The summed E-state index contributed by atoms with van der Waals surface area (Å²) in [6.07, 6.45) is 10.7. The molecule has 0 heterocycles. The molecule has 2 heteroatoms. The fourth-order valence-corrected chi connectivity index (χ4v) is 3.56. The maximum atomic E-state index is 5.53. The summed E-state index contributed by atoms with van der Waals surface area (Å²) in [5.41, 5.74) is 1.35. The van der Waals surface area contributed by atoms with Crippen LogP contribution in [0.25, 0.3) is 0 Å². The first kappa shape index (κ1) is 16.4. The summed E-state index contributed by atoms with van der Waals surface area (Å²) < 4.78 is 5.53. The number of hydrogen-bond donors (Lipinski definition) is 1. The third-order valence-corrected chi connectivity index (χ3v) is 4.76. The van der Waals surface area contributed by atoms with Crippen LogP contribution in [-0.4, -0.2) is 19.7 Å². The van der Waals surface area contributed by atoms with E-state index in [2.05, 4.69) is 36.5 Å². The highest BCUT2D eigenvalue weighted by molar-refractivity contribution is 5.34. The molecule has 0 aromatic heterocycles. The third kappa shape index (κ3) is 5.03. The zero-order valence-electron chi connectivity index (χ0n) is 13.7. The molecular weight excluding hydrogens is 258 g/mol. The second-order valence-electron chi connectivity index (χ2n) is 6.33. The van der Waals surface area contributed by atoms with E-state index in [9.17, 15) is 0 Å². The Kier molecular flexibility index (Phi) is 7.08. The fourth-order valence-electron chi connectivity index (χ4n) is 3.56. The molecule has 118 valence electrons. The lowest BCUT2D eigenvalue weighted by Gasteiger charge is -2.28. The van der Waals surface area contributed by atoms with Gasteiger partial charge < -0.3 is 10.1 Å². The van der Waals surface area contributed by atoms with E-state index < -0.39 is 0 Å². The van der Waals surface area contributed by atoms with Crippen LogP contribution in [0.4, 0.5) is 0 Å². The molecular formula is C19H31NO. The standard InChI is InChI=1S/C19H31NO/c1-3-14-20-18(16-10-6-4-5-7-11-16)15-17-12-8-9-13-19(17)21-2/h8-9,12-13,16,18,20H,3-7,10-11,14-15H2,1-2H3. The van der Waals surface area contributed by atoms with Crippen LogP contribution in [0.3, 0.4) is 0 Å². The number of rotatable bonds is 7. The molecule has 0 aliphatic heterocycles. The normalized spacial score (nSPS) is 18.2. The molecule has 0 saturated heterocycles.